The Morgan fingerprint density at radius 1 is 1.20 bits per heavy atom. The van der Waals surface area contributed by atoms with Gasteiger partial charge >= 0.3 is 10.4 Å². The van der Waals surface area contributed by atoms with Gasteiger partial charge in [-0.1, -0.05) is 0 Å². The summed E-state index contributed by atoms with van der Waals surface area (Å²) in [5.74, 6) is 0. The molecule has 10 heavy (non-hydrogen) atoms. The van der Waals surface area contributed by atoms with Gasteiger partial charge in [0.05, 0.1) is 6.67 Å². The van der Waals surface area contributed by atoms with Gasteiger partial charge in [0.15, 0.2) is 0 Å². The molecular formula is C3H8N2O4S. The van der Waals surface area contributed by atoms with Gasteiger partial charge in [-0.25, -0.2) is 0 Å². The summed E-state index contributed by atoms with van der Waals surface area (Å²) in [4.78, 5) is 0. The first-order valence-electron chi connectivity index (χ1n) is 2.32. The van der Waals surface area contributed by atoms with Gasteiger partial charge in [-0.2, -0.15) is 8.42 Å². The summed E-state index contributed by atoms with van der Waals surface area (Å²) in [6, 6.07) is 0. The number of hydrogen-bond donors (Lipinski definition) is 4. The molecule has 0 saturated heterocycles. The lowest BCUT2D eigenvalue weighted by atomic mass is 11.0. The fraction of sp³-hybridized carbons (Fsp3) is 0.333. The van der Waals surface area contributed by atoms with Crippen LogP contribution in [0.5, 0.6) is 0 Å². The van der Waals surface area contributed by atoms with Crippen LogP contribution in [0.25, 0.3) is 0 Å². The molecule has 6 nitrogen and oxygen atoms in total. The zero-order chi connectivity index (χ0) is 8.04. The van der Waals surface area contributed by atoms with Crippen molar-refractivity contribution in [2.45, 2.75) is 0 Å². The Balaban J connectivity index is 0.000000162. The van der Waals surface area contributed by atoms with E-state index in [4.69, 9.17) is 17.5 Å². The van der Waals surface area contributed by atoms with Gasteiger partial charge in [-0.05, 0) is 0 Å². The summed E-state index contributed by atoms with van der Waals surface area (Å²) in [5, 5.41) is 5.86. The van der Waals surface area contributed by atoms with Gasteiger partial charge in [0.1, 0.15) is 0 Å². The van der Waals surface area contributed by atoms with Gasteiger partial charge in [0.2, 0.25) is 0 Å². The molecule has 0 aromatic rings. The molecule has 0 aromatic heterocycles. The minimum absolute atomic E-state index is 0.889. The van der Waals surface area contributed by atoms with E-state index < -0.39 is 10.4 Å². The SMILES string of the molecule is C1=CNCN1.O=S(=O)(O)O. The largest absolute Gasteiger partial charge is 0.394 e. The van der Waals surface area contributed by atoms with E-state index in [1.165, 1.54) is 0 Å². The Bertz CT molecular complexity index is 183. The molecule has 7 heteroatoms. The van der Waals surface area contributed by atoms with Crippen molar-refractivity contribution in [3.8, 4) is 0 Å². The highest BCUT2D eigenvalue weighted by Gasteiger charge is 1.84. The minimum atomic E-state index is -4.67. The molecule has 1 heterocycles. The van der Waals surface area contributed by atoms with Crippen LogP contribution < -0.4 is 10.6 Å². The fourth-order valence-electron chi connectivity index (χ4n) is 0.295. The van der Waals surface area contributed by atoms with Crippen molar-refractivity contribution >= 4 is 10.4 Å². The molecule has 4 N–H and O–H groups in total. The summed E-state index contributed by atoms with van der Waals surface area (Å²) in [6.07, 6.45) is 3.75. The van der Waals surface area contributed by atoms with E-state index in [1.54, 1.807) is 0 Å². The molecule has 0 saturated carbocycles. The Morgan fingerprint density at radius 2 is 1.50 bits per heavy atom. The summed E-state index contributed by atoms with van der Waals surface area (Å²) in [7, 11) is -4.67. The van der Waals surface area contributed by atoms with E-state index in [-0.39, 0.29) is 0 Å². The topological polar surface area (TPSA) is 98.7 Å². The zero-order valence-electron chi connectivity index (χ0n) is 4.98. The lowest BCUT2D eigenvalue weighted by molar-refractivity contribution is 0.381. The molecule has 0 amide bonds. The van der Waals surface area contributed by atoms with Gasteiger partial charge in [-0.15, -0.1) is 0 Å². The van der Waals surface area contributed by atoms with Crippen molar-refractivity contribution < 1.29 is 17.5 Å². The van der Waals surface area contributed by atoms with Crippen LogP contribution in [0.4, 0.5) is 0 Å². The van der Waals surface area contributed by atoms with Crippen LogP contribution in [0.2, 0.25) is 0 Å². The molecule has 0 atom stereocenters. The maximum Gasteiger partial charge on any atom is 0.394 e. The Kier molecular flexibility index (Phi) is 3.77. The zero-order valence-corrected chi connectivity index (χ0v) is 5.80. The van der Waals surface area contributed by atoms with Gasteiger partial charge < -0.3 is 10.6 Å². The standard InChI is InChI=1S/C3H6N2.H2O4S/c1-2-5-3-4-1;1-5(2,3)4/h1-2,4-5H,3H2;(H2,1,2,3,4). The lowest BCUT2D eigenvalue weighted by Gasteiger charge is -1.82. The monoisotopic (exact) mass is 168 g/mol. The second-order valence-corrected chi connectivity index (χ2v) is 2.26. The predicted molar refractivity (Wildman–Crippen MR) is 34.5 cm³/mol. The molecule has 60 valence electrons. The molecule has 0 aliphatic carbocycles. The molecule has 0 spiro atoms. The second kappa shape index (κ2) is 4.09. The van der Waals surface area contributed by atoms with E-state index in [9.17, 15) is 0 Å². The van der Waals surface area contributed by atoms with Crippen LogP contribution in [0, 0.1) is 0 Å². The summed E-state index contributed by atoms with van der Waals surface area (Å²) < 4.78 is 31.6. The molecule has 0 bridgehead atoms. The lowest BCUT2D eigenvalue weighted by Crippen LogP contribution is -2.10. The molecule has 0 unspecified atom stereocenters. The van der Waals surface area contributed by atoms with Crippen molar-refractivity contribution in [3.63, 3.8) is 0 Å². The van der Waals surface area contributed by atoms with Gasteiger partial charge in [0.25, 0.3) is 0 Å². The van der Waals surface area contributed by atoms with Crippen molar-refractivity contribution in [1.29, 1.82) is 0 Å². The van der Waals surface area contributed by atoms with Crippen molar-refractivity contribution in [2.24, 2.45) is 0 Å². The number of rotatable bonds is 0. The first-order valence-corrected chi connectivity index (χ1v) is 3.71. The average Bonchev–Trinajstić information content (AvgIpc) is 2.07. The maximum absolute atomic E-state index is 8.74. The molecule has 0 aromatic carbocycles. The average molecular weight is 168 g/mol. The third-order valence-corrected chi connectivity index (χ3v) is 0.523. The van der Waals surface area contributed by atoms with Crippen LogP contribution in [0.3, 0.4) is 0 Å². The first kappa shape index (κ1) is 9.21. The Labute approximate surface area is 58.5 Å². The van der Waals surface area contributed by atoms with E-state index in [0.717, 1.165) is 6.67 Å². The van der Waals surface area contributed by atoms with Crippen LogP contribution in [-0.4, -0.2) is 24.2 Å². The fourth-order valence-corrected chi connectivity index (χ4v) is 0.295. The van der Waals surface area contributed by atoms with E-state index in [1.807, 2.05) is 12.4 Å². The molecule has 1 rings (SSSR count). The quantitative estimate of drug-likeness (QED) is 0.345. The van der Waals surface area contributed by atoms with E-state index >= 15 is 0 Å². The smallest absolute Gasteiger partial charge is 0.373 e. The molecule has 0 fully saturated rings. The van der Waals surface area contributed by atoms with Gasteiger partial charge in [-0.3, -0.25) is 9.11 Å². The summed E-state index contributed by atoms with van der Waals surface area (Å²) >= 11 is 0. The van der Waals surface area contributed by atoms with Crippen molar-refractivity contribution in [3.05, 3.63) is 12.4 Å². The van der Waals surface area contributed by atoms with Crippen LogP contribution in [-0.2, 0) is 10.4 Å². The third kappa shape index (κ3) is 15.7. The highest BCUT2D eigenvalue weighted by Crippen LogP contribution is 1.65. The first-order chi connectivity index (χ1) is 4.50. The Morgan fingerprint density at radius 3 is 1.60 bits per heavy atom. The molecule has 1 aliphatic rings. The molecule has 0 radical (unpaired) electrons. The summed E-state index contributed by atoms with van der Waals surface area (Å²) in [6.45, 7) is 0.889. The third-order valence-electron chi connectivity index (χ3n) is 0.523. The minimum Gasteiger partial charge on any atom is -0.373 e. The second-order valence-electron chi connectivity index (χ2n) is 1.37. The summed E-state index contributed by atoms with van der Waals surface area (Å²) in [5.41, 5.74) is 0. The van der Waals surface area contributed by atoms with Gasteiger partial charge in [0, 0.05) is 12.4 Å². The predicted octanol–water partition coefficient (Wildman–Crippen LogP) is -1.04. The van der Waals surface area contributed by atoms with Crippen LogP contribution >= 0.6 is 0 Å². The van der Waals surface area contributed by atoms with Crippen molar-refractivity contribution in [1.82, 2.24) is 10.6 Å². The van der Waals surface area contributed by atoms with E-state index in [2.05, 4.69) is 10.6 Å². The normalized spacial score (nSPS) is 14.6. The maximum atomic E-state index is 8.74. The highest BCUT2D eigenvalue weighted by atomic mass is 32.3. The van der Waals surface area contributed by atoms with Crippen LogP contribution in [0.1, 0.15) is 0 Å². The number of hydrogen-bond acceptors (Lipinski definition) is 4. The number of nitrogens with one attached hydrogen (secondary N) is 2. The van der Waals surface area contributed by atoms with Crippen LogP contribution in [0.15, 0.2) is 12.4 Å². The highest BCUT2D eigenvalue weighted by molar-refractivity contribution is 7.79. The molecular weight excluding hydrogens is 160 g/mol. The Hall–Kier alpha value is -0.790. The molecule has 1 aliphatic heterocycles. The van der Waals surface area contributed by atoms with E-state index in [0.29, 0.717) is 0 Å². The van der Waals surface area contributed by atoms with Crippen molar-refractivity contribution in [2.75, 3.05) is 6.67 Å².